The van der Waals surface area contributed by atoms with E-state index in [2.05, 4.69) is 114 Å². The molecule has 0 spiro atoms. The summed E-state index contributed by atoms with van der Waals surface area (Å²) in [7, 11) is 0. The number of hydrogen-bond donors (Lipinski definition) is 0. The maximum atomic E-state index is 7.50. The molecule has 0 aliphatic carbocycles. The van der Waals surface area contributed by atoms with Gasteiger partial charge in [0.1, 0.15) is 0 Å². The van der Waals surface area contributed by atoms with E-state index >= 15 is 0 Å². The molecule has 1 aromatic heterocycles. The molecule has 0 aliphatic rings. The van der Waals surface area contributed by atoms with Crippen molar-refractivity contribution in [1.82, 2.24) is 4.57 Å². The summed E-state index contributed by atoms with van der Waals surface area (Å²) in [4.78, 5) is 0. The van der Waals surface area contributed by atoms with Crippen molar-refractivity contribution in [3.05, 3.63) is 112 Å². The molecule has 7 nitrogen and oxygen atoms in total. The van der Waals surface area contributed by atoms with Gasteiger partial charge in [-0.2, -0.15) is 0 Å². The first kappa shape index (κ1) is 33.4. The molecule has 0 amide bonds. The average Bonchev–Trinajstić information content (AvgIpc) is 3.33. The summed E-state index contributed by atoms with van der Waals surface area (Å²) < 4.78 is 46.1. The zero-order chi connectivity index (χ0) is 25.4. The second kappa shape index (κ2) is 24.1. The van der Waals surface area contributed by atoms with Gasteiger partial charge in [-0.25, -0.2) is 0 Å². The summed E-state index contributed by atoms with van der Waals surface area (Å²) in [5.74, 6) is 0. The fourth-order valence-electron chi connectivity index (χ4n) is 2.49. The van der Waals surface area contributed by atoms with Gasteiger partial charge < -0.3 is 0 Å². The summed E-state index contributed by atoms with van der Waals surface area (Å²) in [6.45, 7) is 25.1. The van der Waals surface area contributed by atoms with E-state index in [1.54, 1.807) is 0 Å². The van der Waals surface area contributed by atoms with Crippen LogP contribution in [0.3, 0.4) is 0 Å². The Hall–Kier alpha value is -3.22. The number of nitrogens with zero attached hydrogens (tertiary/aromatic N) is 1. The third kappa shape index (κ3) is 11.2. The van der Waals surface area contributed by atoms with E-state index in [-0.39, 0.29) is 0 Å². The molecule has 0 bridgehead atoms. The van der Waals surface area contributed by atoms with Gasteiger partial charge in [0, 0.05) is 0 Å². The molecule has 0 radical (unpaired) electrons. The van der Waals surface area contributed by atoms with Crippen LogP contribution in [-0.2, 0) is 43.8 Å². The third-order valence-corrected chi connectivity index (χ3v) is 3.84. The standard InChI is InChI=1S/C19H17NO.5CO.Cr/c1-2-21-15-13-19(16-8-4-3-5-9-16)20-14-12-17-10-6-7-11-18(17)20;5*1-2;/h3-14H,2H2,1H3;;;;;;/b19-13+;;;;;;. The van der Waals surface area contributed by atoms with Gasteiger partial charge in [0.05, 0.1) is 0 Å². The number of hydrogen-bond acceptors (Lipinski definition) is 1. The first-order valence-electron chi connectivity index (χ1n) is 8.32. The average molecular weight is 467 g/mol. The van der Waals surface area contributed by atoms with E-state index in [1.165, 1.54) is 10.9 Å². The van der Waals surface area contributed by atoms with Crippen molar-refractivity contribution in [2.75, 3.05) is 6.61 Å². The molecule has 3 aromatic rings. The van der Waals surface area contributed by atoms with Crippen molar-refractivity contribution in [3.63, 3.8) is 0 Å². The molecular weight excluding hydrogens is 450 g/mol. The zero-order valence-electron chi connectivity index (χ0n) is 16.9. The first-order chi connectivity index (χ1) is 15.8. The fourth-order valence-corrected chi connectivity index (χ4v) is 2.85. The minimum absolute atomic E-state index is 0.646. The van der Waals surface area contributed by atoms with Crippen LogP contribution in [0.15, 0.2) is 72.9 Å². The van der Waals surface area contributed by atoms with Crippen molar-refractivity contribution >= 4 is 21.2 Å². The molecule has 0 unspecified atom stereocenters. The molecule has 0 saturated heterocycles. The van der Waals surface area contributed by atoms with Gasteiger partial charge in [-0.3, -0.25) is 0 Å². The van der Waals surface area contributed by atoms with Gasteiger partial charge in [0.15, 0.2) is 0 Å². The van der Waals surface area contributed by atoms with Crippen LogP contribution in [0.1, 0.15) is 12.5 Å². The molecule has 0 N–H and O–H groups in total. The zero-order valence-corrected chi connectivity index (χ0v) is 18.2. The number of para-hydroxylation sites is 1. The summed E-state index contributed by atoms with van der Waals surface area (Å²) >= 11 is 2.99. The van der Waals surface area contributed by atoms with Gasteiger partial charge in [-0.05, 0) is 0 Å². The predicted octanol–water partition coefficient (Wildman–Crippen LogP) is 4.06. The van der Waals surface area contributed by atoms with Gasteiger partial charge >= 0.3 is 195 Å². The maximum absolute atomic E-state index is 7.50. The first-order valence-corrected chi connectivity index (χ1v) is 8.95. The molecule has 0 saturated carbocycles. The Kier molecular flexibility index (Phi) is 25.1. The molecule has 2 aromatic carbocycles. The van der Waals surface area contributed by atoms with Crippen LogP contribution in [0.25, 0.3) is 16.6 Å². The Morgan fingerprint density at radius 1 is 0.812 bits per heavy atom. The predicted molar refractivity (Wildman–Crippen MR) is 108 cm³/mol. The Labute approximate surface area is 194 Å². The van der Waals surface area contributed by atoms with Crippen LogP contribution in [-0.4, -0.2) is 15.7 Å². The molecule has 0 aliphatic heterocycles. The van der Waals surface area contributed by atoms with Crippen LogP contribution < -0.4 is 0 Å². The second-order valence-corrected chi connectivity index (χ2v) is 5.52. The monoisotopic (exact) mass is 467 g/mol. The molecule has 8 heteroatoms. The van der Waals surface area contributed by atoms with Crippen LogP contribution in [0.2, 0.25) is 0 Å². The van der Waals surface area contributed by atoms with Gasteiger partial charge in [-0.1, -0.05) is 0 Å². The third-order valence-electron chi connectivity index (χ3n) is 3.47. The number of rotatable bonds is 5. The number of ether oxygens (including phenoxy) is 1. The van der Waals surface area contributed by atoms with Crippen molar-refractivity contribution in [3.8, 4) is 0 Å². The van der Waals surface area contributed by atoms with E-state index < -0.39 is 0 Å². The van der Waals surface area contributed by atoms with E-state index in [0.29, 0.717) is 6.61 Å². The quantitative estimate of drug-likeness (QED) is 0.409. The van der Waals surface area contributed by atoms with Crippen molar-refractivity contribution < 1.29 is 43.8 Å². The number of fused-ring (bicyclic) bond motifs is 1. The molecule has 1 heterocycles. The Morgan fingerprint density at radius 3 is 1.84 bits per heavy atom. The number of benzene rings is 2. The molecular formula is C24H17CrNO6. The van der Waals surface area contributed by atoms with E-state index in [1.807, 2.05) is 19.1 Å². The SMILES string of the molecule is CCO[C](=[Cr])/C=C(\c1ccccc1)n1ccc2ccccc21.[C-]#[O+].[C-]#[O+].[C-]#[O+].[C-]#[O+].[C-]#[O+]. The van der Waals surface area contributed by atoms with E-state index in [4.69, 9.17) is 28.0 Å². The van der Waals surface area contributed by atoms with Gasteiger partial charge in [0.25, 0.3) is 0 Å². The molecule has 3 rings (SSSR count). The van der Waals surface area contributed by atoms with E-state index in [0.717, 1.165) is 15.8 Å². The Bertz CT molecular complexity index is 1010. The van der Waals surface area contributed by atoms with Crippen LogP contribution in [0, 0.1) is 33.3 Å². The summed E-state index contributed by atoms with van der Waals surface area (Å²) in [5, 5.41) is 1.22. The van der Waals surface area contributed by atoms with E-state index in [9.17, 15) is 0 Å². The van der Waals surface area contributed by atoms with Crippen molar-refractivity contribution in [2.45, 2.75) is 6.92 Å². The van der Waals surface area contributed by atoms with Crippen LogP contribution in [0.5, 0.6) is 0 Å². The topological polar surface area (TPSA) is 114 Å². The van der Waals surface area contributed by atoms with Crippen LogP contribution >= 0.6 is 0 Å². The summed E-state index contributed by atoms with van der Waals surface area (Å²) in [6, 6.07) is 20.9. The summed E-state index contributed by atoms with van der Waals surface area (Å²) in [6.07, 6.45) is 4.15. The van der Waals surface area contributed by atoms with Gasteiger partial charge in [-0.15, -0.1) is 0 Å². The Morgan fingerprint density at radius 2 is 1.31 bits per heavy atom. The Balaban J connectivity index is -0.000000744. The molecule has 32 heavy (non-hydrogen) atoms. The number of aromatic nitrogens is 1. The molecule has 160 valence electrons. The molecule has 0 atom stereocenters. The second-order valence-electron chi connectivity index (χ2n) is 4.89. The fraction of sp³-hybridized carbons (Fsp3) is 0.0833. The molecule has 0 fully saturated rings. The minimum atomic E-state index is 0.646. The normalized spacial score (nSPS) is 8.41. The van der Waals surface area contributed by atoms with Crippen molar-refractivity contribution in [2.24, 2.45) is 0 Å². The van der Waals surface area contributed by atoms with Crippen molar-refractivity contribution in [1.29, 1.82) is 0 Å². The van der Waals surface area contributed by atoms with Crippen LogP contribution in [0.4, 0.5) is 0 Å². The summed E-state index contributed by atoms with van der Waals surface area (Å²) in [5.41, 5.74) is 3.42. The van der Waals surface area contributed by atoms with Gasteiger partial charge in [0.2, 0.25) is 0 Å².